The quantitative estimate of drug-likeness (QED) is 0.0698. The summed E-state index contributed by atoms with van der Waals surface area (Å²) < 4.78 is 10.9. The Morgan fingerprint density at radius 3 is 2.02 bits per heavy atom. The zero-order valence-electron chi connectivity index (χ0n) is 24.5. The summed E-state index contributed by atoms with van der Waals surface area (Å²) in [6.45, 7) is -0.485. The monoisotopic (exact) mass is 616 g/mol. The van der Waals surface area contributed by atoms with Crippen molar-refractivity contribution in [2.75, 3.05) is 11.5 Å². The number of non-ortho nitro benzene ring substituents is 1. The van der Waals surface area contributed by atoms with Crippen LogP contribution in [0.2, 0.25) is 0 Å². The number of nitro groups is 1. The number of hydrogen-bond donors (Lipinski definition) is 0. The number of anilines is 1. The molecule has 0 radical (unpaired) electrons. The maximum atomic E-state index is 13.6. The summed E-state index contributed by atoms with van der Waals surface area (Å²) in [5.74, 6) is -0.667. The van der Waals surface area contributed by atoms with Crippen molar-refractivity contribution >= 4 is 34.9 Å². The van der Waals surface area contributed by atoms with Gasteiger partial charge >= 0.3 is 5.97 Å². The number of ether oxygens (including phenoxy) is 2. The lowest BCUT2D eigenvalue weighted by Gasteiger charge is -2.28. The molecule has 1 saturated heterocycles. The van der Waals surface area contributed by atoms with Gasteiger partial charge in [0.1, 0.15) is 11.5 Å². The van der Waals surface area contributed by atoms with E-state index in [2.05, 4.69) is 12.1 Å². The lowest BCUT2D eigenvalue weighted by atomic mass is 9.73. The zero-order valence-corrected chi connectivity index (χ0v) is 24.5. The van der Waals surface area contributed by atoms with E-state index >= 15 is 0 Å². The Kier molecular flexibility index (Phi) is 7.40. The Hall–Kier alpha value is -5.64. The number of amides is 2. The summed E-state index contributed by atoms with van der Waals surface area (Å²) in [5, 5.41) is 10.8. The Morgan fingerprint density at radius 1 is 0.761 bits per heavy atom. The number of rotatable bonds is 9. The summed E-state index contributed by atoms with van der Waals surface area (Å²) in [4.78, 5) is 64.0. The molecule has 3 fully saturated rings. The minimum absolute atomic E-state index is 0.0540. The minimum Gasteiger partial charge on any atom is -0.457 e. The fraction of sp³-hybridized carbons (Fsp3) is 0.222. The van der Waals surface area contributed by atoms with Crippen molar-refractivity contribution in [3.05, 3.63) is 130 Å². The number of nitro benzene ring substituents is 1. The van der Waals surface area contributed by atoms with Crippen LogP contribution in [0, 0.1) is 33.8 Å². The molecule has 0 N–H and O–H groups in total. The molecular weight excluding hydrogens is 588 g/mol. The van der Waals surface area contributed by atoms with Crippen LogP contribution >= 0.6 is 0 Å². The van der Waals surface area contributed by atoms with Gasteiger partial charge in [-0.25, -0.2) is 4.79 Å². The molecule has 1 aliphatic heterocycles. The average Bonchev–Trinajstić information content (AvgIpc) is 3.75. The third-order valence-corrected chi connectivity index (χ3v) is 9.40. The number of Topliss-reactive ketones (excluding diaryl/α,β-unsaturated/α-hetero) is 1. The van der Waals surface area contributed by atoms with Crippen molar-refractivity contribution in [1.82, 2.24) is 0 Å². The first kappa shape index (κ1) is 29.1. The second-order valence-electron chi connectivity index (χ2n) is 11.9. The first-order valence-electron chi connectivity index (χ1n) is 15.0. The average molecular weight is 617 g/mol. The summed E-state index contributed by atoms with van der Waals surface area (Å²) in [7, 11) is 0. The molecule has 4 aromatic carbocycles. The van der Waals surface area contributed by atoms with Gasteiger partial charge in [0.05, 0.1) is 28.0 Å². The summed E-state index contributed by atoms with van der Waals surface area (Å²) in [6, 6.07) is 28.1. The lowest BCUT2D eigenvalue weighted by molar-refractivity contribution is -0.384. The van der Waals surface area contributed by atoms with E-state index in [-0.39, 0.29) is 52.7 Å². The van der Waals surface area contributed by atoms with Crippen molar-refractivity contribution < 1.29 is 33.6 Å². The van der Waals surface area contributed by atoms with E-state index in [1.165, 1.54) is 59.0 Å². The van der Waals surface area contributed by atoms with Gasteiger partial charge < -0.3 is 9.47 Å². The van der Waals surface area contributed by atoms with Crippen molar-refractivity contribution in [3.8, 4) is 11.5 Å². The van der Waals surface area contributed by atoms with Crippen LogP contribution in [0.15, 0.2) is 103 Å². The standard InChI is InChI=1S/C36H28N2O8/c39-31(22-8-14-27(15-9-22)46-28-16-12-26(13-17-28)38(43)44)20-45-36(42)23-6-10-25(11-7-23)37-34(40)32-24-18-29(21-4-2-1-3-5-21)30(19-24)33(32)35(37)41/h1-17,24,29-30,32-33H,18-20H2/t24-,29+,30+,32-,33-/m1/s1. The largest absolute Gasteiger partial charge is 0.457 e. The highest BCUT2D eigenvalue weighted by Crippen LogP contribution is 2.61. The Morgan fingerprint density at radius 2 is 1.37 bits per heavy atom. The van der Waals surface area contributed by atoms with Gasteiger partial charge in [0.25, 0.3) is 5.69 Å². The highest BCUT2D eigenvalue weighted by molar-refractivity contribution is 6.22. The molecule has 10 heteroatoms. The molecule has 7 rings (SSSR count). The highest BCUT2D eigenvalue weighted by atomic mass is 16.6. The summed E-state index contributed by atoms with van der Waals surface area (Å²) in [6.07, 6.45) is 1.80. The topological polar surface area (TPSA) is 133 Å². The fourth-order valence-electron chi connectivity index (χ4n) is 7.32. The van der Waals surface area contributed by atoms with Gasteiger partial charge in [-0.2, -0.15) is 0 Å². The number of hydrogen-bond acceptors (Lipinski definition) is 8. The van der Waals surface area contributed by atoms with Crippen LogP contribution in [-0.2, 0) is 14.3 Å². The molecule has 2 bridgehead atoms. The van der Waals surface area contributed by atoms with Crippen LogP contribution in [0.5, 0.6) is 11.5 Å². The molecule has 0 unspecified atom stereocenters. The van der Waals surface area contributed by atoms with Crippen LogP contribution in [0.25, 0.3) is 0 Å². The van der Waals surface area contributed by atoms with E-state index in [0.717, 1.165) is 12.8 Å². The number of benzene rings is 4. The Labute approximate surface area is 263 Å². The van der Waals surface area contributed by atoms with Crippen LogP contribution < -0.4 is 9.64 Å². The van der Waals surface area contributed by atoms with E-state index < -0.39 is 23.3 Å². The Balaban J connectivity index is 0.947. The van der Waals surface area contributed by atoms with E-state index in [1.807, 2.05) is 18.2 Å². The number of imide groups is 1. The predicted octanol–water partition coefficient (Wildman–Crippen LogP) is 6.36. The highest BCUT2D eigenvalue weighted by Gasteiger charge is 2.64. The third kappa shape index (κ3) is 5.21. The molecule has 46 heavy (non-hydrogen) atoms. The van der Waals surface area contributed by atoms with Crippen molar-refractivity contribution in [2.45, 2.75) is 18.8 Å². The SMILES string of the molecule is O=C(COC(=O)c1ccc(N2C(=O)[C@@H]3[C@H]4C[C@H]([C@H]3C2=O)[C@H](c2ccccc2)C4)cc1)c1ccc(Oc2ccc([N+](=O)[O-])cc2)cc1. The summed E-state index contributed by atoms with van der Waals surface area (Å²) in [5.41, 5.74) is 2.08. The number of ketones is 1. The molecule has 5 atom stereocenters. The van der Waals surface area contributed by atoms with Gasteiger partial charge in [-0.15, -0.1) is 0 Å². The molecule has 2 amide bonds. The number of esters is 1. The van der Waals surface area contributed by atoms with Gasteiger partial charge in [-0.3, -0.25) is 29.4 Å². The summed E-state index contributed by atoms with van der Waals surface area (Å²) >= 11 is 0. The second-order valence-corrected chi connectivity index (χ2v) is 11.9. The number of nitrogens with zero attached hydrogens (tertiary/aromatic N) is 2. The maximum absolute atomic E-state index is 13.6. The van der Waals surface area contributed by atoms with Crippen LogP contribution in [0.1, 0.15) is 45.0 Å². The fourth-order valence-corrected chi connectivity index (χ4v) is 7.32. The first-order chi connectivity index (χ1) is 22.3. The second kappa shape index (κ2) is 11.7. The minimum atomic E-state index is -0.710. The molecule has 2 aliphatic carbocycles. The normalized spacial score (nSPS) is 22.9. The van der Waals surface area contributed by atoms with Gasteiger partial charge in [0.2, 0.25) is 11.8 Å². The van der Waals surface area contributed by atoms with Gasteiger partial charge in [-0.1, -0.05) is 30.3 Å². The van der Waals surface area contributed by atoms with Gasteiger partial charge in [-0.05, 0) is 96.8 Å². The van der Waals surface area contributed by atoms with Gasteiger partial charge in [0, 0.05) is 17.7 Å². The molecule has 3 aliphatic rings. The Bertz CT molecular complexity index is 1840. The van der Waals surface area contributed by atoms with Crippen molar-refractivity contribution in [3.63, 3.8) is 0 Å². The maximum Gasteiger partial charge on any atom is 0.338 e. The lowest BCUT2D eigenvalue weighted by Crippen LogP contribution is -2.33. The number of fused-ring (bicyclic) bond motifs is 5. The molecule has 10 nitrogen and oxygen atoms in total. The predicted molar refractivity (Wildman–Crippen MR) is 166 cm³/mol. The van der Waals surface area contributed by atoms with E-state index in [9.17, 15) is 29.3 Å². The van der Waals surface area contributed by atoms with Crippen LogP contribution in [0.3, 0.4) is 0 Å². The first-order valence-corrected chi connectivity index (χ1v) is 15.0. The van der Waals surface area contributed by atoms with Crippen molar-refractivity contribution in [1.29, 1.82) is 0 Å². The molecule has 1 heterocycles. The third-order valence-electron chi connectivity index (χ3n) is 9.40. The smallest absolute Gasteiger partial charge is 0.338 e. The number of carbonyl (C=O) groups is 4. The van der Waals surface area contributed by atoms with Crippen LogP contribution in [-0.4, -0.2) is 35.1 Å². The zero-order chi connectivity index (χ0) is 31.9. The molecule has 4 aromatic rings. The molecule has 2 saturated carbocycles. The molecule has 230 valence electrons. The van der Waals surface area contributed by atoms with E-state index in [1.54, 1.807) is 24.3 Å². The van der Waals surface area contributed by atoms with Crippen molar-refractivity contribution in [2.24, 2.45) is 23.7 Å². The number of carbonyl (C=O) groups excluding carboxylic acids is 4. The van der Waals surface area contributed by atoms with E-state index in [4.69, 9.17) is 9.47 Å². The van der Waals surface area contributed by atoms with Gasteiger partial charge in [0.15, 0.2) is 12.4 Å². The molecular formula is C36H28N2O8. The van der Waals surface area contributed by atoms with Crippen LogP contribution in [0.4, 0.5) is 11.4 Å². The van der Waals surface area contributed by atoms with E-state index in [0.29, 0.717) is 22.7 Å². The molecule has 0 aromatic heterocycles. The molecule has 0 spiro atoms.